The van der Waals surface area contributed by atoms with E-state index in [4.69, 9.17) is 5.73 Å². The topological polar surface area (TPSA) is 115 Å². The van der Waals surface area contributed by atoms with E-state index in [1.165, 1.54) is 11.3 Å². The van der Waals surface area contributed by atoms with Crippen LogP contribution in [0.2, 0.25) is 0 Å². The number of sulfone groups is 1. The van der Waals surface area contributed by atoms with Gasteiger partial charge in [0.2, 0.25) is 11.0 Å². The van der Waals surface area contributed by atoms with Gasteiger partial charge in [-0.2, -0.15) is 0 Å². The van der Waals surface area contributed by atoms with E-state index in [1.54, 1.807) is 0 Å². The second-order valence-corrected chi connectivity index (χ2v) is 9.65. The average Bonchev–Trinajstić information content (AvgIpc) is 3.02. The molecule has 0 bridgehead atoms. The van der Waals surface area contributed by atoms with Gasteiger partial charge in [0.1, 0.15) is 14.8 Å². The largest absolute Gasteiger partial charge is 0.320 e. The summed E-state index contributed by atoms with van der Waals surface area (Å²) >= 11 is 1.28. The maximum absolute atomic E-state index is 12.1. The van der Waals surface area contributed by atoms with Gasteiger partial charge in [-0.15, -0.1) is 10.2 Å². The van der Waals surface area contributed by atoms with Gasteiger partial charge in [0, 0.05) is 11.7 Å². The van der Waals surface area contributed by atoms with Gasteiger partial charge >= 0.3 is 0 Å². The molecule has 2 rings (SSSR count). The molecule has 0 spiro atoms. The average molecular weight is 383 g/mol. The first-order valence-electron chi connectivity index (χ1n) is 7.73. The number of rotatable bonds is 7. The third-order valence-electron chi connectivity index (χ3n) is 3.82. The zero-order valence-electron chi connectivity index (χ0n) is 14.4. The minimum Gasteiger partial charge on any atom is -0.320 e. The molecule has 1 heterocycles. The molecule has 1 atom stereocenters. The van der Waals surface area contributed by atoms with Crippen molar-refractivity contribution in [1.82, 2.24) is 10.2 Å². The molecule has 0 fully saturated rings. The molecule has 9 heteroatoms. The van der Waals surface area contributed by atoms with Gasteiger partial charge in [0.15, 0.2) is 0 Å². The van der Waals surface area contributed by atoms with Gasteiger partial charge in [-0.3, -0.25) is 10.1 Å². The van der Waals surface area contributed by atoms with Crippen molar-refractivity contribution in [3.63, 3.8) is 0 Å². The van der Waals surface area contributed by atoms with Crippen molar-refractivity contribution < 1.29 is 13.2 Å². The molecule has 136 valence electrons. The number of nitrogens with two attached hydrogens (primary N) is 1. The number of aromatic nitrogens is 2. The molecule has 1 aromatic heterocycles. The molecule has 0 aliphatic heterocycles. The van der Waals surface area contributed by atoms with Crippen molar-refractivity contribution in [2.75, 3.05) is 17.3 Å². The predicted octanol–water partition coefficient (Wildman–Crippen LogP) is 1.56. The van der Waals surface area contributed by atoms with Crippen LogP contribution in [-0.2, 0) is 20.0 Å². The summed E-state index contributed by atoms with van der Waals surface area (Å²) in [5.41, 5.74) is 6.48. The molecular weight excluding hydrogens is 360 g/mol. The Morgan fingerprint density at radius 2 is 1.92 bits per heavy atom. The van der Waals surface area contributed by atoms with Gasteiger partial charge in [-0.05, 0) is 25.8 Å². The SMILES string of the molecule is CC(C)(c1ccccc1)c1nnc(NC(=O)C(N)CCS(C)(=O)=O)s1. The number of hydrogen-bond donors (Lipinski definition) is 2. The molecule has 1 aromatic carbocycles. The van der Waals surface area contributed by atoms with E-state index in [1.807, 2.05) is 44.2 Å². The Balaban J connectivity index is 2.05. The molecule has 7 nitrogen and oxygen atoms in total. The molecular formula is C16H22N4O3S2. The van der Waals surface area contributed by atoms with Crippen LogP contribution in [0.15, 0.2) is 30.3 Å². The lowest BCUT2D eigenvalue weighted by molar-refractivity contribution is -0.117. The minimum absolute atomic E-state index is 0.0613. The molecule has 0 radical (unpaired) electrons. The summed E-state index contributed by atoms with van der Waals surface area (Å²) in [6, 6.07) is 8.98. The predicted molar refractivity (Wildman–Crippen MR) is 99.4 cm³/mol. The van der Waals surface area contributed by atoms with E-state index in [9.17, 15) is 13.2 Å². The fraction of sp³-hybridized carbons (Fsp3) is 0.438. The van der Waals surface area contributed by atoms with Crippen molar-refractivity contribution in [3.8, 4) is 0 Å². The molecule has 0 aliphatic carbocycles. The van der Waals surface area contributed by atoms with Gasteiger partial charge < -0.3 is 5.73 Å². The fourth-order valence-corrected chi connectivity index (χ4v) is 3.73. The van der Waals surface area contributed by atoms with Gasteiger partial charge in [0.25, 0.3) is 0 Å². The molecule has 3 N–H and O–H groups in total. The molecule has 0 saturated carbocycles. The lowest BCUT2D eigenvalue weighted by atomic mass is 9.85. The summed E-state index contributed by atoms with van der Waals surface area (Å²) in [5, 5.41) is 11.9. The van der Waals surface area contributed by atoms with Crippen molar-refractivity contribution in [1.29, 1.82) is 0 Å². The molecule has 0 saturated heterocycles. The Hall–Kier alpha value is -1.84. The van der Waals surface area contributed by atoms with Crippen LogP contribution in [0.25, 0.3) is 0 Å². The number of nitrogens with one attached hydrogen (secondary N) is 1. The smallest absolute Gasteiger partial charge is 0.243 e. The Morgan fingerprint density at radius 3 is 2.52 bits per heavy atom. The number of benzene rings is 1. The monoisotopic (exact) mass is 382 g/mol. The first kappa shape index (κ1) is 19.5. The maximum Gasteiger partial charge on any atom is 0.243 e. The van der Waals surface area contributed by atoms with Gasteiger partial charge in [-0.25, -0.2) is 8.42 Å². The lowest BCUT2D eigenvalue weighted by Crippen LogP contribution is -2.37. The molecule has 25 heavy (non-hydrogen) atoms. The number of hydrogen-bond acceptors (Lipinski definition) is 7. The summed E-state index contributed by atoms with van der Waals surface area (Å²) < 4.78 is 22.3. The molecule has 1 amide bonds. The Bertz CT molecular complexity index is 832. The summed E-state index contributed by atoms with van der Waals surface area (Å²) in [7, 11) is -3.16. The van der Waals surface area contributed by atoms with Crippen LogP contribution in [-0.4, -0.2) is 42.6 Å². The Labute approximate surface area is 151 Å². The van der Waals surface area contributed by atoms with E-state index >= 15 is 0 Å². The van der Waals surface area contributed by atoms with Crippen LogP contribution in [0.1, 0.15) is 30.8 Å². The highest BCUT2D eigenvalue weighted by Crippen LogP contribution is 2.34. The van der Waals surface area contributed by atoms with Crippen LogP contribution in [0.3, 0.4) is 0 Å². The number of carbonyl (C=O) groups excluding carboxylic acids is 1. The second-order valence-electron chi connectivity index (χ2n) is 6.42. The van der Waals surface area contributed by atoms with E-state index < -0.39 is 21.8 Å². The third kappa shape index (κ3) is 5.32. The van der Waals surface area contributed by atoms with E-state index in [0.717, 1.165) is 16.8 Å². The zero-order chi connectivity index (χ0) is 18.7. The highest BCUT2D eigenvalue weighted by atomic mass is 32.2. The Kier molecular flexibility index (Phi) is 5.91. The first-order chi connectivity index (χ1) is 11.6. The summed E-state index contributed by atoms with van der Waals surface area (Å²) in [5.74, 6) is -0.604. The van der Waals surface area contributed by atoms with E-state index in [0.29, 0.717) is 5.13 Å². The van der Waals surface area contributed by atoms with Gasteiger partial charge in [-0.1, -0.05) is 41.7 Å². The van der Waals surface area contributed by atoms with Gasteiger partial charge in [0.05, 0.1) is 11.8 Å². The lowest BCUT2D eigenvalue weighted by Gasteiger charge is -2.21. The molecule has 2 aromatic rings. The number of carbonyl (C=O) groups is 1. The van der Waals surface area contributed by atoms with Crippen LogP contribution in [0, 0.1) is 0 Å². The van der Waals surface area contributed by atoms with Crippen molar-refractivity contribution >= 4 is 32.2 Å². The van der Waals surface area contributed by atoms with Crippen molar-refractivity contribution in [2.45, 2.75) is 31.7 Å². The third-order valence-corrected chi connectivity index (χ3v) is 5.96. The zero-order valence-corrected chi connectivity index (χ0v) is 16.0. The van der Waals surface area contributed by atoms with E-state index in [-0.39, 0.29) is 17.6 Å². The number of amides is 1. The molecule has 0 aliphatic rings. The minimum atomic E-state index is -3.16. The number of anilines is 1. The van der Waals surface area contributed by atoms with Crippen LogP contribution in [0.5, 0.6) is 0 Å². The normalized spacial score (nSPS) is 13.4. The van der Waals surface area contributed by atoms with Crippen LogP contribution in [0.4, 0.5) is 5.13 Å². The summed E-state index contributed by atoms with van der Waals surface area (Å²) in [6.07, 6.45) is 1.17. The standard InChI is InChI=1S/C16H22N4O3S2/c1-16(2,11-7-5-4-6-8-11)14-19-20-15(24-14)18-13(21)12(17)9-10-25(3,22)23/h4-8,12H,9-10,17H2,1-3H3,(H,18,20,21). The fourth-order valence-electron chi connectivity index (χ4n) is 2.17. The van der Waals surface area contributed by atoms with Crippen LogP contribution >= 0.6 is 11.3 Å². The summed E-state index contributed by atoms with van der Waals surface area (Å²) in [6.45, 7) is 4.07. The second kappa shape index (κ2) is 7.59. The van der Waals surface area contributed by atoms with Crippen molar-refractivity contribution in [2.24, 2.45) is 5.73 Å². The highest BCUT2D eigenvalue weighted by Gasteiger charge is 2.28. The molecule has 1 unspecified atom stereocenters. The Morgan fingerprint density at radius 1 is 1.28 bits per heavy atom. The van der Waals surface area contributed by atoms with E-state index in [2.05, 4.69) is 15.5 Å². The first-order valence-corrected chi connectivity index (χ1v) is 10.6. The quantitative estimate of drug-likeness (QED) is 0.751. The van der Waals surface area contributed by atoms with Crippen molar-refractivity contribution in [3.05, 3.63) is 40.9 Å². The number of nitrogens with zero attached hydrogens (tertiary/aromatic N) is 2. The maximum atomic E-state index is 12.1. The van der Waals surface area contributed by atoms with Crippen LogP contribution < -0.4 is 11.1 Å². The summed E-state index contributed by atoms with van der Waals surface area (Å²) in [4.78, 5) is 12.1. The highest BCUT2D eigenvalue weighted by molar-refractivity contribution is 7.90.